The van der Waals surface area contributed by atoms with Gasteiger partial charge in [-0.1, -0.05) is 27.7 Å². The summed E-state index contributed by atoms with van der Waals surface area (Å²) in [5.74, 6) is 1.60. The van der Waals surface area contributed by atoms with Crippen LogP contribution in [-0.2, 0) is 0 Å². The smallest absolute Gasteiger partial charge is 0.112 e. The molecule has 0 saturated heterocycles. The summed E-state index contributed by atoms with van der Waals surface area (Å²) in [6.07, 6.45) is 2.26. The van der Waals surface area contributed by atoms with E-state index in [4.69, 9.17) is 10.7 Å². The Hall–Kier alpha value is -1.51. The third-order valence-electron chi connectivity index (χ3n) is 3.56. The van der Waals surface area contributed by atoms with Gasteiger partial charge in [0, 0.05) is 17.6 Å². The van der Waals surface area contributed by atoms with Crippen molar-refractivity contribution in [3.63, 3.8) is 0 Å². The summed E-state index contributed by atoms with van der Waals surface area (Å²) in [5, 5.41) is 0. The van der Waals surface area contributed by atoms with Crippen molar-refractivity contribution in [3.8, 4) is 0 Å². The normalized spacial score (nSPS) is 11.9. The molecule has 1 aromatic carbocycles. The fourth-order valence-corrected chi connectivity index (χ4v) is 2.58. The Morgan fingerprint density at radius 3 is 2.44 bits per heavy atom. The number of anilines is 1. The zero-order chi connectivity index (χ0) is 13.3. The molecular weight excluding hydrogens is 222 g/mol. The van der Waals surface area contributed by atoms with Crippen LogP contribution < -0.4 is 5.73 Å². The van der Waals surface area contributed by atoms with Crippen molar-refractivity contribution in [2.75, 3.05) is 5.73 Å². The van der Waals surface area contributed by atoms with E-state index in [0.717, 1.165) is 24.0 Å². The van der Waals surface area contributed by atoms with Gasteiger partial charge in [-0.15, -0.1) is 0 Å². The first-order valence-electron chi connectivity index (χ1n) is 6.85. The van der Waals surface area contributed by atoms with E-state index >= 15 is 0 Å². The minimum atomic E-state index is 0.430. The van der Waals surface area contributed by atoms with Crippen LogP contribution in [-0.4, -0.2) is 9.55 Å². The minimum absolute atomic E-state index is 0.430. The molecule has 2 rings (SSSR count). The van der Waals surface area contributed by atoms with Gasteiger partial charge in [0.15, 0.2) is 0 Å². The van der Waals surface area contributed by atoms with Gasteiger partial charge in [-0.2, -0.15) is 0 Å². The topological polar surface area (TPSA) is 43.8 Å². The van der Waals surface area contributed by atoms with E-state index in [0.29, 0.717) is 12.0 Å². The van der Waals surface area contributed by atoms with Gasteiger partial charge < -0.3 is 10.3 Å². The molecule has 0 atom stereocenters. The maximum Gasteiger partial charge on any atom is 0.112 e. The van der Waals surface area contributed by atoms with Crippen LogP contribution in [0.4, 0.5) is 5.69 Å². The highest BCUT2D eigenvalue weighted by atomic mass is 15.1. The molecule has 0 aliphatic carbocycles. The number of imidazole rings is 1. The molecule has 0 aliphatic heterocycles. The molecule has 2 aromatic rings. The van der Waals surface area contributed by atoms with Crippen molar-refractivity contribution < 1.29 is 0 Å². The number of benzene rings is 1. The highest BCUT2D eigenvalue weighted by Gasteiger charge is 2.18. The molecule has 1 heterocycles. The van der Waals surface area contributed by atoms with Crippen molar-refractivity contribution in [2.45, 2.75) is 52.5 Å². The minimum Gasteiger partial charge on any atom is -0.399 e. The SMILES string of the molecule is CCC(CC)n1c(C(C)C)nc2cc(N)ccc21. The highest BCUT2D eigenvalue weighted by Crippen LogP contribution is 2.29. The summed E-state index contributed by atoms with van der Waals surface area (Å²) in [4.78, 5) is 4.77. The number of hydrogen-bond acceptors (Lipinski definition) is 2. The molecule has 2 N–H and O–H groups in total. The lowest BCUT2D eigenvalue weighted by atomic mass is 10.1. The second-order valence-corrected chi connectivity index (χ2v) is 5.21. The Morgan fingerprint density at radius 1 is 1.22 bits per heavy atom. The molecule has 3 nitrogen and oxygen atoms in total. The molecular formula is C15H23N3. The van der Waals surface area contributed by atoms with E-state index in [2.05, 4.69) is 38.3 Å². The Labute approximate surface area is 109 Å². The zero-order valence-electron chi connectivity index (χ0n) is 11.8. The maximum absolute atomic E-state index is 5.85. The van der Waals surface area contributed by atoms with Crippen molar-refractivity contribution in [3.05, 3.63) is 24.0 Å². The Kier molecular flexibility index (Phi) is 3.60. The molecule has 0 spiro atoms. The van der Waals surface area contributed by atoms with Gasteiger partial charge in [0.05, 0.1) is 11.0 Å². The molecule has 3 heteroatoms. The predicted molar refractivity (Wildman–Crippen MR) is 77.9 cm³/mol. The van der Waals surface area contributed by atoms with Gasteiger partial charge in [0.2, 0.25) is 0 Å². The number of rotatable bonds is 4. The number of hydrogen-bond donors (Lipinski definition) is 1. The summed E-state index contributed by atoms with van der Waals surface area (Å²) in [6, 6.07) is 6.56. The first kappa shape index (κ1) is 12.9. The summed E-state index contributed by atoms with van der Waals surface area (Å²) < 4.78 is 2.40. The molecule has 98 valence electrons. The van der Waals surface area contributed by atoms with Crippen molar-refractivity contribution >= 4 is 16.7 Å². The van der Waals surface area contributed by atoms with Crippen molar-refractivity contribution in [2.24, 2.45) is 0 Å². The standard InChI is InChI=1S/C15H23N3/c1-5-12(6-2)18-14-8-7-11(16)9-13(14)17-15(18)10(3)4/h7-10,12H,5-6,16H2,1-4H3. The molecule has 0 fully saturated rings. The summed E-state index contributed by atoms with van der Waals surface area (Å²) in [5.41, 5.74) is 8.86. The molecule has 0 amide bonds. The fourth-order valence-electron chi connectivity index (χ4n) is 2.58. The maximum atomic E-state index is 5.85. The number of fused-ring (bicyclic) bond motifs is 1. The third-order valence-corrected chi connectivity index (χ3v) is 3.56. The second kappa shape index (κ2) is 5.01. The summed E-state index contributed by atoms with van der Waals surface area (Å²) >= 11 is 0. The van der Waals surface area contributed by atoms with E-state index in [-0.39, 0.29) is 0 Å². The van der Waals surface area contributed by atoms with E-state index in [1.165, 1.54) is 11.3 Å². The van der Waals surface area contributed by atoms with Gasteiger partial charge in [0.1, 0.15) is 5.82 Å². The van der Waals surface area contributed by atoms with Crippen molar-refractivity contribution in [1.82, 2.24) is 9.55 Å². The van der Waals surface area contributed by atoms with Crippen LogP contribution in [0.2, 0.25) is 0 Å². The zero-order valence-corrected chi connectivity index (χ0v) is 11.8. The summed E-state index contributed by atoms with van der Waals surface area (Å²) in [6.45, 7) is 8.87. The molecule has 1 aromatic heterocycles. The van der Waals surface area contributed by atoms with Crippen LogP contribution in [0.25, 0.3) is 11.0 Å². The second-order valence-electron chi connectivity index (χ2n) is 5.21. The Balaban J connectivity index is 2.69. The van der Waals surface area contributed by atoms with Crippen LogP contribution >= 0.6 is 0 Å². The lowest BCUT2D eigenvalue weighted by Gasteiger charge is -2.20. The average Bonchev–Trinajstić information content (AvgIpc) is 2.70. The largest absolute Gasteiger partial charge is 0.399 e. The van der Waals surface area contributed by atoms with E-state index in [1.807, 2.05) is 12.1 Å². The number of nitrogen functional groups attached to an aromatic ring is 1. The molecule has 0 bridgehead atoms. The van der Waals surface area contributed by atoms with E-state index < -0.39 is 0 Å². The Bertz CT molecular complexity index is 536. The highest BCUT2D eigenvalue weighted by molar-refractivity contribution is 5.80. The monoisotopic (exact) mass is 245 g/mol. The lowest BCUT2D eigenvalue weighted by molar-refractivity contribution is 0.458. The number of aromatic nitrogens is 2. The molecule has 0 saturated carbocycles. The van der Waals surface area contributed by atoms with Gasteiger partial charge in [-0.3, -0.25) is 0 Å². The van der Waals surface area contributed by atoms with Gasteiger partial charge in [-0.05, 0) is 31.0 Å². The van der Waals surface area contributed by atoms with Crippen LogP contribution in [0, 0.1) is 0 Å². The third kappa shape index (κ3) is 2.09. The van der Waals surface area contributed by atoms with E-state index in [1.54, 1.807) is 0 Å². The first-order valence-corrected chi connectivity index (χ1v) is 6.85. The molecule has 18 heavy (non-hydrogen) atoms. The molecule has 0 radical (unpaired) electrons. The number of nitrogens with zero attached hydrogens (tertiary/aromatic N) is 2. The van der Waals surface area contributed by atoms with E-state index in [9.17, 15) is 0 Å². The predicted octanol–water partition coefficient (Wildman–Crippen LogP) is 4.10. The van der Waals surface area contributed by atoms with Crippen LogP contribution in [0.5, 0.6) is 0 Å². The van der Waals surface area contributed by atoms with Gasteiger partial charge in [-0.25, -0.2) is 4.98 Å². The molecule has 0 unspecified atom stereocenters. The lowest BCUT2D eigenvalue weighted by Crippen LogP contribution is -2.12. The average molecular weight is 245 g/mol. The number of nitrogens with two attached hydrogens (primary N) is 1. The van der Waals surface area contributed by atoms with Gasteiger partial charge in [0.25, 0.3) is 0 Å². The first-order chi connectivity index (χ1) is 8.58. The quantitative estimate of drug-likeness (QED) is 0.824. The van der Waals surface area contributed by atoms with Crippen LogP contribution in [0.3, 0.4) is 0 Å². The van der Waals surface area contributed by atoms with Crippen LogP contribution in [0.15, 0.2) is 18.2 Å². The Morgan fingerprint density at radius 2 is 1.89 bits per heavy atom. The fraction of sp³-hybridized carbons (Fsp3) is 0.533. The van der Waals surface area contributed by atoms with Crippen molar-refractivity contribution in [1.29, 1.82) is 0 Å². The molecule has 0 aliphatic rings. The van der Waals surface area contributed by atoms with Crippen LogP contribution in [0.1, 0.15) is 58.3 Å². The summed E-state index contributed by atoms with van der Waals surface area (Å²) in [7, 11) is 0. The van der Waals surface area contributed by atoms with Gasteiger partial charge >= 0.3 is 0 Å².